The number of rotatable bonds is 6. The molecule has 7 heteroatoms. The van der Waals surface area contributed by atoms with Gasteiger partial charge in [0, 0.05) is 37.5 Å². The fourth-order valence-corrected chi connectivity index (χ4v) is 3.08. The van der Waals surface area contributed by atoms with E-state index in [1.807, 2.05) is 35.2 Å². The van der Waals surface area contributed by atoms with Crippen molar-refractivity contribution in [3.05, 3.63) is 76.9 Å². The van der Waals surface area contributed by atoms with E-state index >= 15 is 0 Å². The minimum atomic E-state index is -0.486. The number of nitro groups is 1. The fourth-order valence-electron chi connectivity index (χ4n) is 3.08. The molecule has 2 aromatic carbocycles. The SMILES string of the molecule is C=CCN(C(=O)c1cc([N+](=O)[O-])ccc1N1CCOCC1)c1ccccc1. The maximum absolute atomic E-state index is 13.4. The van der Waals surface area contributed by atoms with Crippen LogP contribution in [-0.2, 0) is 4.74 Å². The predicted molar refractivity (Wildman–Crippen MR) is 104 cm³/mol. The first-order chi connectivity index (χ1) is 13.1. The second kappa shape index (κ2) is 8.46. The van der Waals surface area contributed by atoms with E-state index in [9.17, 15) is 14.9 Å². The Kier molecular flexibility index (Phi) is 5.83. The number of ether oxygens (including phenoxy) is 1. The molecule has 140 valence electrons. The topological polar surface area (TPSA) is 75.9 Å². The van der Waals surface area contributed by atoms with E-state index in [-0.39, 0.29) is 11.6 Å². The van der Waals surface area contributed by atoms with Gasteiger partial charge in [0.15, 0.2) is 0 Å². The Morgan fingerprint density at radius 1 is 1.22 bits per heavy atom. The van der Waals surface area contributed by atoms with Crippen LogP contribution in [0.1, 0.15) is 10.4 Å². The van der Waals surface area contributed by atoms with Gasteiger partial charge in [0.25, 0.3) is 11.6 Å². The lowest BCUT2D eigenvalue weighted by Crippen LogP contribution is -2.38. The molecule has 0 N–H and O–H groups in total. The highest BCUT2D eigenvalue weighted by atomic mass is 16.6. The summed E-state index contributed by atoms with van der Waals surface area (Å²) in [6, 6.07) is 13.6. The quantitative estimate of drug-likeness (QED) is 0.445. The average Bonchev–Trinajstić information content (AvgIpc) is 2.72. The third-order valence-corrected chi connectivity index (χ3v) is 4.40. The zero-order valence-corrected chi connectivity index (χ0v) is 14.9. The van der Waals surface area contributed by atoms with Gasteiger partial charge < -0.3 is 14.5 Å². The van der Waals surface area contributed by atoms with Crippen LogP contribution >= 0.6 is 0 Å². The number of carbonyl (C=O) groups excluding carboxylic acids is 1. The van der Waals surface area contributed by atoms with Gasteiger partial charge in [0.1, 0.15) is 0 Å². The largest absolute Gasteiger partial charge is 0.378 e. The first-order valence-electron chi connectivity index (χ1n) is 8.70. The number of non-ortho nitro benzene ring substituents is 1. The zero-order valence-electron chi connectivity index (χ0n) is 14.9. The van der Waals surface area contributed by atoms with Crippen LogP contribution in [0.15, 0.2) is 61.2 Å². The van der Waals surface area contributed by atoms with E-state index in [0.29, 0.717) is 49.8 Å². The highest BCUT2D eigenvalue weighted by Gasteiger charge is 2.25. The second-order valence-corrected chi connectivity index (χ2v) is 6.10. The molecule has 0 spiro atoms. The number of morpholine rings is 1. The first-order valence-corrected chi connectivity index (χ1v) is 8.70. The summed E-state index contributed by atoms with van der Waals surface area (Å²) < 4.78 is 5.38. The smallest absolute Gasteiger partial charge is 0.270 e. The Morgan fingerprint density at radius 3 is 2.56 bits per heavy atom. The standard InChI is InChI=1S/C20H21N3O4/c1-2-10-22(16-6-4-3-5-7-16)20(24)18-15-17(23(25)26)8-9-19(18)21-11-13-27-14-12-21/h2-9,15H,1,10-14H2. The summed E-state index contributed by atoms with van der Waals surface area (Å²) in [7, 11) is 0. The average molecular weight is 367 g/mol. The van der Waals surface area contributed by atoms with Crippen LogP contribution in [0, 0.1) is 10.1 Å². The van der Waals surface area contributed by atoms with Gasteiger partial charge in [-0.2, -0.15) is 0 Å². The van der Waals surface area contributed by atoms with Crippen LogP contribution in [0.4, 0.5) is 17.1 Å². The highest BCUT2D eigenvalue weighted by molar-refractivity contribution is 6.10. The van der Waals surface area contributed by atoms with Crippen molar-refractivity contribution in [1.82, 2.24) is 0 Å². The molecule has 1 aliphatic rings. The lowest BCUT2D eigenvalue weighted by molar-refractivity contribution is -0.384. The van der Waals surface area contributed by atoms with Gasteiger partial charge in [-0.1, -0.05) is 24.3 Å². The Bertz CT molecular complexity index is 832. The van der Waals surface area contributed by atoms with Gasteiger partial charge >= 0.3 is 0 Å². The van der Waals surface area contributed by atoms with Crippen LogP contribution in [0.3, 0.4) is 0 Å². The van der Waals surface area contributed by atoms with E-state index in [1.54, 1.807) is 17.0 Å². The normalized spacial score (nSPS) is 13.9. The molecular formula is C20H21N3O4. The van der Waals surface area contributed by atoms with E-state index in [0.717, 1.165) is 0 Å². The number of carbonyl (C=O) groups is 1. The molecule has 0 atom stereocenters. The number of anilines is 2. The van der Waals surface area contributed by atoms with Crippen LogP contribution in [-0.4, -0.2) is 43.7 Å². The molecule has 27 heavy (non-hydrogen) atoms. The molecule has 0 aromatic heterocycles. The zero-order chi connectivity index (χ0) is 19.2. The van der Waals surface area contributed by atoms with Crippen LogP contribution in [0.2, 0.25) is 0 Å². The molecule has 0 radical (unpaired) electrons. The molecule has 2 aromatic rings. The Balaban J connectivity index is 2.05. The van der Waals surface area contributed by atoms with Crippen molar-refractivity contribution in [2.75, 3.05) is 42.6 Å². The molecule has 0 unspecified atom stereocenters. The molecule has 1 saturated heterocycles. The lowest BCUT2D eigenvalue weighted by atomic mass is 10.1. The van der Waals surface area contributed by atoms with Crippen molar-refractivity contribution >= 4 is 23.0 Å². The maximum atomic E-state index is 13.4. The van der Waals surface area contributed by atoms with E-state index < -0.39 is 4.92 Å². The summed E-state index contributed by atoms with van der Waals surface area (Å²) >= 11 is 0. The van der Waals surface area contributed by atoms with Crippen molar-refractivity contribution in [1.29, 1.82) is 0 Å². The number of nitrogens with zero attached hydrogens (tertiary/aromatic N) is 3. The third-order valence-electron chi connectivity index (χ3n) is 4.40. The van der Waals surface area contributed by atoms with Gasteiger partial charge in [-0.05, 0) is 18.2 Å². The summed E-state index contributed by atoms with van der Waals surface area (Å²) in [4.78, 5) is 27.7. The number of nitro benzene ring substituents is 1. The lowest BCUT2D eigenvalue weighted by Gasteiger charge is -2.31. The maximum Gasteiger partial charge on any atom is 0.270 e. The third kappa shape index (κ3) is 4.15. The van der Waals surface area contributed by atoms with Gasteiger partial charge in [0.2, 0.25) is 0 Å². The van der Waals surface area contributed by atoms with Crippen molar-refractivity contribution in [2.45, 2.75) is 0 Å². The molecule has 1 heterocycles. The van der Waals surface area contributed by atoms with E-state index in [1.165, 1.54) is 12.1 Å². The number of hydrogen-bond donors (Lipinski definition) is 0. The van der Waals surface area contributed by atoms with Crippen molar-refractivity contribution in [3.8, 4) is 0 Å². The van der Waals surface area contributed by atoms with Crippen molar-refractivity contribution in [3.63, 3.8) is 0 Å². The van der Waals surface area contributed by atoms with Crippen molar-refractivity contribution < 1.29 is 14.5 Å². The van der Waals surface area contributed by atoms with Gasteiger partial charge in [0.05, 0.1) is 29.4 Å². The minimum absolute atomic E-state index is 0.109. The molecule has 3 rings (SSSR count). The summed E-state index contributed by atoms with van der Waals surface area (Å²) in [6.45, 7) is 6.40. The summed E-state index contributed by atoms with van der Waals surface area (Å²) in [5.74, 6) is -0.300. The molecule has 1 fully saturated rings. The van der Waals surface area contributed by atoms with Gasteiger partial charge in [-0.3, -0.25) is 14.9 Å². The second-order valence-electron chi connectivity index (χ2n) is 6.10. The fraction of sp³-hybridized carbons (Fsp3) is 0.250. The van der Waals surface area contributed by atoms with Crippen LogP contribution < -0.4 is 9.80 Å². The molecular weight excluding hydrogens is 346 g/mol. The monoisotopic (exact) mass is 367 g/mol. The molecule has 0 bridgehead atoms. The number of amides is 1. The Labute approximate surface area is 157 Å². The Hall–Kier alpha value is -3.19. The molecule has 7 nitrogen and oxygen atoms in total. The van der Waals surface area contributed by atoms with Gasteiger partial charge in [-0.15, -0.1) is 6.58 Å². The number of hydrogen-bond acceptors (Lipinski definition) is 5. The summed E-state index contributed by atoms with van der Waals surface area (Å²) in [6.07, 6.45) is 1.64. The van der Waals surface area contributed by atoms with Gasteiger partial charge in [-0.25, -0.2) is 0 Å². The van der Waals surface area contributed by atoms with E-state index in [2.05, 4.69) is 6.58 Å². The molecule has 1 aliphatic heterocycles. The summed E-state index contributed by atoms with van der Waals surface area (Å²) in [5, 5.41) is 11.3. The minimum Gasteiger partial charge on any atom is -0.378 e. The number of benzene rings is 2. The summed E-state index contributed by atoms with van der Waals surface area (Å²) in [5.41, 5.74) is 1.58. The van der Waals surface area contributed by atoms with E-state index in [4.69, 9.17) is 4.74 Å². The Morgan fingerprint density at radius 2 is 1.93 bits per heavy atom. The van der Waals surface area contributed by atoms with Crippen LogP contribution in [0.25, 0.3) is 0 Å². The predicted octanol–water partition coefficient (Wildman–Crippen LogP) is 3.26. The highest BCUT2D eigenvalue weighted by Crippen LogP contribution is 2.29. The van der Waals surface area contributed by atoms with Crippen molar-refractivity contribution in [2.24, 2.45) is 0 Å². The molecule has 0 saturated carbocycles. The number of para-hydroxylation sites is 1. The molecule has 1 amide bonds. The first kappa shape index (κ1) is 18.6. The molecule has 0 aliphatic carbocycles. The van der Waals surface area contributed by atoms with Crippen LogP contribution in [0.5, 0.6) is 0 Å².